The van der Waals surface area contributed by atoms with Gasteiger partial charge in [0.25, 0.3) is 5.91 Å². The molecule has 1 aromatic rings. The maximum Gasteiger partial charge on any atom is 0.256 e. The summed E-state index contributed by atoms with van der Waals surface area (Å²) >= 11 is 3.28. The molecule has 14 heavy (non-hydrogen) atoms. The van der Waals surface area contributed by atoms with Gasteiger partial charge < -0.3 is 9.69 Å². The summed E-state index contributed by atoms with van der Waals surface area (Å²) in [5, 5.41) is 1.92. The summed E-state index contributed by atoms with van der Waals surface area (Å²) in [5.41, 5.74) is 0.749. The average molecular weight is 227 g/mol. The molecule has 0 aliphatic carbocycles. The van der Waals surface area contributed by atoms with E-state index in [1.54, 1.807) is 28.0 Å². The van der Waals surface area contributed by atoms with Gasteiger partial charge in [-0.3, -0.25) is 4.79 Å². The van der Waals surface area contributed by atoms with E-state index in [0.29, 0.717) is 6.54 Å². The third-order valence-corrected chi connectivity index (χ3v) is 4.25. The minimum atomic E-state index is -0.0154. The fourth-order valence-electron chi connectivity index (χ4n) is 1.35. The van der Waals surface area contributed by atoms with Crippen LogP contribution in [0.3, 0.4) is 0 Å². The molecule has 1 aliphatic heterocycles. The number of hydrogen-bond acceptors (Lipinski definition) is 4. The average Bonchev–Trinajstić information content (AvgIpc) is 2.59. The number of nitrogens with zero attached hydrogens (tertiary/aromatic N) is 1. The molecule has 0 saturated heterocycles. The molecule has 1 amide bonds. The monoisotopic (exact) mass is 227 g/mol. The Bertz CT molecular complexity index is 361. The van der Waals surface area contributed by atoms with Gasteiger partial charge in [-0.25, -0.2) is 0 Å². The molecular weight excluding hydrogens is 218 g/mol. The van der Waals surface area contributed by atoms with Gasteiger partial charge in [-0.05, 0) is 11.4 Å². The molecule has 2 heterocycles. The molecule has 0 bridgehead atoms. The number of thioether (sulfide) groups is 1. The van der Waals surface area contributed by atoms with E-state index < -0.39 is 0 Å². The van der Waals surface area contributed by atoms with Crippen LogP contribution in [0.5, 0.6) is 0 Å². The minimum absolute atomic E-state index is 0.0154. The zero-order chi connectivity index (χ0) is 9.97. The first kappa shape index (κ1) is 9.73. The lowest BCUT2D eigenvalue weighted by Crippen LogP contribution is -2.33. The van der Waals surface area contributed by atoms with Gasteiger partial charge in [0.2, 0.25) is 0 Å². The number of carbonyl (C=O) groups excluding carboxylic acids is 2. The van der Waals surface area contributed by atoms with Crippen LogP contribution in [0, 0.1) is 0 Å². The molecule has 1 aliphatic rings. The summed E-state index contributed by atoms with van der Waals surface area (Å²) in [7, 11) is 0. The maximum atomic E-state index is 11.8. The van der Waals surface area contributed by atoms with E-state index >= 15 is 0 Å². The summed E-state index contributed by atoms with van der Waals surface area (Å²) in [6.07, 6.45) is 0.778. The Kier molecular flexibility index (Phi) is 2.88. The summed E-state index contributed by atoms with van der Waals surface area (Å²) < 4.78 is 1.07. The Morgan fingerprint density at radius 2 is 2.43 bits per heavy atom. The number of amides is 1. The highest BCUT2D eigenvalue weighted by atomic mass is 32.2. The molecule has 0 unspecified atom stereocenters. The van der Waals surface area contributed by atoms with Gasteiger partial charge >= 0.3 is 0 Å². The molecule has 0 spiro atoms. The van der Waals surface area contributed by atoms with Crippen LogP contribution < -0.4 is 0 Å². The highest BCUT2D eigenvalue weighted by Crippen LogP contribution is 2.31. The second kappa shape index (κ2) is 4.14. The van der Waals surface area contributed by atoms with Gasteiger partial charge in [-0.15, -0.1) is 23.1 Å². The molecule has 2 rings (SSSR count). The minimum Gasteiger partial charge on any atom is -0.331 e. The third kappa shape index (κ3) is 1.69. The van der Waals surface area contributed by atoms with Crippen LogP contribution in [0.1, 0.15) is 10.4 Å². The predicted molar refractivity (Wildman–Crippen MR) is 57.0 cm³/mol. The Labute approximate surface area is 90.1 Å². The van der Waals surface area contributed by atoms with Crippen molar-refractivity contribution in [2.24, 2.45) is 0 Å². The van der Waals surface area contributed by atoms with Gasteiger partial charge in [0, 0.05) is 12.3 Å². The van der Waals surface area contributed by atoms with Crippen molar-refractivity contribution in [3.8, 4) is 0 Å². The highest BCUT2D eigenvalue weighted by molar-refractivity contribution is 8.01. The first-order chi connectivity index (χ1) is 6.83. The number of aldehydes is 1. The first-order valence-corrected chi connectivity index (χ1v) is 6.12. The topological polar surface area (TPSA) is 37.4 Å². The SMILES string of the molecule is O=CCN1CCSc2sccc2C1=O. The lowest BCUT2D eigenvalue weighted by atomic mass is 10.3. The zero-order valence-corrected chi connectivity index (χ0v) is 9.07. The summed E-state index contributed by atoms with van der Waals surface area (Å²) in [5.74, 6) is 0.853. The molecule has 0 fully saturated rings. The standard InChI is InChI=1S/C9H9NO2S2/c11-4-2-10-3-6-14-9-7(8(10)12)1-5-13-9/h1,4-5H,2-3,6H2. The van der Waals surface area contributed by atoms with Crippen molar-refractivity contribution < 1.29 is 9.59 Å². The Balaban J connectivity index is 2.28. The van der Waals surface area contributed by atoms with Crippen molar-refractivity contribution in [1.29, 1.82) is 0 Å². The number of hydrogen-bond donors (Lipinski definition) is 0. The van der Waals surface area contributed by atoms with Crippen molar-refractivity contribution in [3.05, 3.63) is 17.0 Å². The van der Waals surface area contributed by atoms with Crippen molar-refractivity contribution in [2.45, 2.75) is 4.21 Å². The number of rotatable bonds is 2. The molecule has 0 aromatic carbocycles. The molecule has 1 aromatic heterocycles. The van der Waals surface area contributed by atoms with Crippen LogP contribution in [0.2, 0.25) is 0 Å². The summed E-state index contributed by atoms with van der Waals surface area (Å²) in [4.78, 5) is 23.8. The lowest BCUT2D eigenvalue weighted by molar-refractivity contribution is -0.108. The molecule has 0 radical (unpaired) electrons. The molecule has 3 nitrogen and oxygen atoms in total. The van der Waals surface area contributed by atoms with Crippen LogP contribution >= 0.6 is 23.1 Å². The fraction of sp³-hybridized carbons (Fsp3) is 0.333. The smallest absolute Gasteiger partial charge is 0.256 e. The van der Waals surface area contributed by atoms with E-state index in [-0.39, 0.29) is 12.5 Å². The second-order valence-electron chi connectivity index (χ2n) is 2.89. The molecule has 0 saturated carbocycles. The quantitative estimate of drug-likeness (QED) is 0.718. The van der Waals surface area contributed by atoms with Gasteiger partial charge in [0.15, 0.2) is 0 Å². The van der Waals surface area contributed by atoms with Gasteiger partial charge in [0.1, 0.15) is 6.29 Å². The maximum absolute atomic E-state index is 11.8. The first-order valence-electron chi connectivity index (χ1n) is 4.26. The Morgan fingerprint density at radius 1 is 1.57 bits per heavy atom. The molecule has 0 N–H and O–H groups in total. The summed E-state index contributed by atoms with van der Waals surface area (Å²) in [6.45, 7) is 0.859. The Morgan fingerprint density at radius 3 is 3.21 bits per heavy atom. The molecule has 0 atom stereocenters. The summed E-state index contributed by atoms with van der Waals surface area (Å²) in [6, 6.07) is 1.83. The van der Waals surface area contributed by atoms with E-state index in [1.165, 1.54) is 0 Å². The van der Waals surface area contributed by atoms with E-state index in [0.717, 1.165) is 21.8 Å². The molecule has 5 heteroatoms. The van der Waals surface area contributed by atoms with E-state index in [4.69, 9.17) is 0 Å². The van der Waals surface area contributed by atoms with Gasteiger partial charge in [-0.2, -0.15) is 0 Å². The van der Waals surface area contributed by atoms with Gasteiger partial charge in [0.05, 0.1) is 16.3 Å². The second-order valence-corrected chi connectivity index (χ2v) is 5.17. The van der Waals surface area contributed by atoms with E-state index in [2.05, 4.69) is 0 Å². The van der Waals surface area contributed by atoms with E-state index in [9.17, 15) is 9.59 Å². The number of carbonyl (C=O) groups is 2. The van der Waals surface area contributed by atoms with Crippen LogP contribution in [-0.2, 0) is 4.79 Å². The largest absolute Gasteiger partial charge is 0.331 e. The van der Waals surface area contributed by atoms with Crippen molar-refractivity contribution in [1.82, 2.24) is 4.90 Å². The predicted octanol–water partition coefficient (Wildman–Crippen LogP) is 1.49. The number of thiophene rings is 1. The fourth-order valence-corrected chi connectivity index (χ4v) is 3.46. The molecule has 74 valence electrons. The van der Waals surface area contributed by atoms with Crippen LogP contribution in [0.15, 0.2) is 15.7 Å². The van der Waals surface area contributed by atoms with Gasteiger partial charge in [-0.1, -0.05) is 0 Å². The third-order valence-electron chi connectivity index (χ3n) is 2.04. The van der Waals surface area contributed by atoms with Crippen LogP contribution in [0.25, 0.3) is 0 Å². The normalized spacial score (nSPS) is 16.3. The molecular formula is C9H9NO2S2. The zero-order valence-electron chi connectivity index (χ0n) is 7.43. The number of fused-ring (bicyclic) bond motifs is 1. The lowest BCUT2D eigenvalue weighted by Gasteiger charge is -2.16. The van der Waals surface area contributed by atoms with Crippen molar-refractivity contribution in [3.63, 3.8) is 0 Å². The van der Waals surface area contributed by atoms with E-state index in [1.807, 2.05) is 11.4 Å². The van der Waals surface area contributed by atoms with Crippen molar-refractivity contribution >= 4 is 35.3 Å². The van der Waals surface area contributed by atoms with Crippen LogP contribution in [0.4, 0.5) is 0 Å². The van der Waals surface area contributed by atoms with Crippen LogP contribution in [-0.4, -0.2) is 35.9 Å². The highest BCUT2D eigenvalue weighted by Gasteiger charge is 2.22. The van der Waals surface area contributed by atoms with Crippen molar-refractivity contribution in [2.75, 3.05) is 18.8 Å². The Hall–Kier alpha value is -0.810.